The van der Waals surface area contributed by atoms with Gasteiger partial charge in [0.25, 0.3) is 0 Å². The van der Waals surface area contributed by atoms with E-state index in [0.717, 1.165) is 5.92 Å². The molecule has 1 aliphatic carbocycles. The maximum Gasteiger partial charge on any atom is 0.0571 e. The van der Waals surface area contributed by atoms with Crippen LogP contribution < -0.4 is 0 Å². The van der Waals surface area contributed by atoms with Gasteiger partial charge in [-0.05, 0) is 43.1 Å². The summed E-state index contributed by atoms with van der Waals surface area (Å²) >= 11 is 2.08. The van der Waals surface area contributed by atoms with Crippen LogP contribution in [0.15, 0.2) is 0 Å². The predicted molar refractivity (Wildman–Crippen MR) is 55.8 cm³/mol. The zero-order valence-corrected chi connectivity index (χ0v) is 9.03. The van der Waals surface area contributed by atoms with Crippen molar-refractivity contribution in [3.63, 3.8) is 0 Å². The van der Waals surface area contributed by atoms with E-state index in [2.05, 4.69) is 18.7 Å². The second kappa shape index (κ2) is 5.87. The van der Waals surface area contributed by atoms with Gasteiger partial charge in [-0.25, -0.2) is 0 Å². The van der Waals surface area contributed by atoms with Crippen LogP contribution in [0.3, 0.4) is 0 Å². The lowest BCUT2D eigenvalue weighted by molar-refractivity contribution is 0.0599. The van der Waals surface area contributed by atoms with Crippen molar-refractivity contribution in [3.05, 3.63) is 0 Å². The number of hydrogen-bond acceptors (Lipinski definition) is 2. The zero-order valence-electron chi connectivity index (χ0n) is 8.21. The third-order valence-corrected chi connectivity index (χ3v) is 3.80. The molecule has 0 radical (unpaired) electrons. The Morgan fingerprint density at radius 2 is 1.92 bits per heavy atom. The van der Waals surface area contributed by atoms with Crippen LogP contribution in [0.1, 0.15) is 32.6 Å². The lowest BCUT2D eigenvalue weighted by atomic mass is 9.89. The van der Waals surface area contributed by atoms with E-state index in [1.165, 1.54) is 37.2 Å². The van der Waals surface area contributed by atoms with Gasteiger partial charge in [0.15, 0.2) is 0 Å². The van der Waals surface area contributed by atoms with Crippen molar-refractivity contribution in [1.29, 1.82) is 0 Å². The lowest BCUT2D eigenvalue weighted by Gasteiger charge is -2.27. The minimum atomic E-state index is 0.563. The van der Waals surface area contributed by atoms with Crippen LogP contribution in [-0.4, -0.2) is 24.7 Å². The minimum absolute atomic E-state index is 0.563. The smallest absolute Gasteiger partial charge is 0.0571 e. The monoisotopic (exact) mass is 188 g/mol. The van der Waals surface area contributed by atoms with E-state index in [4.69, 9.17) is 4.74 Å². The third-order valence-electron chi connectivity index (χ3n) is 2.68. The van der Waals surface area contributed by atoms with Crippen molar-refractivity contribution in [3.8, 4) is 0 Å². The van der Waals surface area contributed by atoms with E-state index in [1.54, 1.807) is 0 Å². The van der Waals surface area contributed by atoms with Crippen molar-refractivity contribution in [2.75, 3.05) is 18.6 Å². The first-order valence-electron chi connectivity index (χ1n) is 4.97. The third kappa shape index (κ3) is 3.36. The van der Waals surface area contributed by atoms with Crippen LogP contribution in [0, 0.1) is 5.92 Å². The fourth-order valence-corrected chi connectivity index (χ4v) is 2.72. The van der Waals surface area contributed by atoms with E-state index < -0.39 is 0 Å². The maximum atomic E-state index is 5.34. The molecule has 0 spiro atoms. The van der Waals surface area contributed by atoms with Crippen molar-refractivity contribution >= 4 is 11.8 Å². The second-order valence-electron chi connectivity index (χ2n) is 3.54. The van der Waals surface area contributed by atoms with Crippen LogP contribution in [0.2, 0.25) is 0 Å². The molecule has 0 amide bonds. The molecular formula is C10H20OS. The van der Waals surface area contributed by atoms with Crippen molar-refractivity contribution in [2.24, 2.45) is 5.92 Å². The van der Waals surface area contributed by atoms with E-state index >= 15 is 0 Å². The van der Waals surface area contributed by atoms with E-state index in [9.17, 15) is 0 Å². The fraction of sp³-hybridized carbons (Fsp3) is 1.00. The highest BCUT2D eigenvalue weighted by Crippen LogP contribution is 2.28. The van der Waals surface area contributed by atoms with Crippen molar-refractivity contribution in [2.45, 2.75) is 38.7 Å². The summed E-state index contributed by atoms with van der Waals surface area (Å²) in [5.74, 6) is 3.61. The van der Waals surface area contributed by atoms with Crippen LogP contribution >= 0.6 is 11.8 Å². The Kier molecular flexibility index (Phi) is 5.08. The highest BCUT2D eigenvalue weighted by Gasteiger charge is 2.20. The Morgan fingerprint density at radius 3 is 2.42 bits per heavy atom. The first-order chi connectivity index (χ1) is 5.86. The summed E-state index contributed by atoms with van der Waals surface area (Å²) in [5.41, 5.74) is 0. The summed E-state index contributed by atoms with van der Waals surface area (Å²) in [6, 6.07) is 0. The molecule has 0 aromatic rings. The van der Waals surface area contributed by atoms with E-state index in [-0.39, 0.29) is 0 Å². The highest BCUT2D eigenvalue weighted by atomic mass is 32.2. The average molecular weight is 188 g/mol. The molecule has 0 bridgehead atoms. The van der Waals surface area contributed by atoms with Crippen molar-refractivity contribution in [1.82, 2.24) is 0 Å². The molecule has 0 aromatic carbocycles. The Balaban J connectivity index is 2.09. The first-order valence-corrected chi connectivity index (χ1v) is 6.12. The topological polar surface area (TPSA) is 9.23 Å². The van der Waals surface area contributed by atoms with Gasteiger partial charge < -0.3 is 4.74 Å². The molecule has 2 heteroatoms. The lowest BCUT2D eigenvalue weighted by Crippen LogP contribution is -2.21. The summed E-state index contributed by atoms with van der Waals surface area (Å²) in [7, 11) is 1.84. The van der Waals surface area contributed by atoms with Gasteiger partial charge in [0.05, 0.1) is 6.10 Å². The van der Waals surface area contributed by atoms with Crippen LogP contribution in [-0.2, 0) is 4.74 Å². The SMILES string of the molecule is CCSCC1CCC(OC)CC1. The molecule has 1 nitrogen and oxygen atoms in total. The molecule has 0 N–H and O–H groups in total. The summed E-state index contributed by atoms with van der Waals surface area (Å²) in [6.07, 6.45) is 5.89. The molecule has 0 atom stereocenters. The average Bonchev–Trinajstić information content (AvgIpc) is 2.15. The van der Waals surface area contributed by atoms with Gasteiger partial charge in [0.2, 0.25) is 0 Å². The number of methoxy groups -OCH3 is 1. The van der Waals surface area contributed by atoms with Crippen LogP contribution in [0.4, 0.5) is 0 Å². The fourth-order valence-electron chi connectivity index (χ4n) is 1.82. The molecule has 1 rings (SSSR count). The van der Waals surface area contributed by atoms with E-state index in [1.807, 2.05) is 7.11 Å². The Hall–Kier alpha value is 0.310. The van der Waals surface area contributed by atoms with Crippen molar-refractivity contribution < 1.29 is 4.74 Å². The van der Waals surface area contributed by atoms with Gasteiger partial charge in [0.1, 0.15) is 0 Å². The van der Waals surface area contributed by atoms with E-state index in [0.29, 0.717) is 6.10 Å². The van der Waals surface area contributed by atoms with Gasteiger partial charge in [-0.15, -0.1) is 0 Å². The Bertz CT molecular complexity index is 108. The predicted octanol–water partition coefficient (Wildman–Crippen LogP) is 2.94. The molecule has 1 fully saturated rings. The number of ether oxygens (including phenoxy) is 1. The molecule has 0 saturated heterocycles. The summed E-state index contributed by atoms with van der Waals surface area (Å²) in [4.78, 5) is 0. The Labute approximate surface area is 80.3 Å². The number of thioether (sulfide) groups is 1. The largest absolute Gasteiger partial charge is 0.381 e. The first kappa shape index (κ1) is 10.4. The molecule has 12 heavy (non-hydrogen) atoms. The molecule has 0 unspecified atom stereocenters. The molecular weight excluding hydrogens is 168 g/mol. The van der Waals surface area contributed by atoms with Gasteiger partial charge in [0, 0.05) is 7.11 Å². The molecule has 72 valence electrons. The standard InChI is InChI=1S/C10H20OS/c1-3-12-8-9-4-6-10(11-2)7-5-9/h9-10H,3-8H2,1-2H3. The highest BCUT2D eigenvalue weighted by molar-refractivity contribution is 7.99. The molecule has 0 aromatic heterocycles. The molecule has 0 heterocycles. The summed E-state index contributed by atoms with van der Waals surface area (Å²) < 4.78 is 5.34. The molecule has 1 aliphatic rings. The van der Waals surface area contributed by atoms with Gasteiger partial charge in [-0.2, -0.15) is 11.8 Å². The quantitative estimate of drug-likeness (QED) is 0.671. The summed E-state index contributed by atoms with van der Waals surface area (Å²) in [6.45, 7) is 2.24. The zero-order chi connectivity index (χ0) is 8.81. The second-order valence-corrected chi connectivity index (χ2v) is 4.86. The minimum Gasteiger partial charge on any atom is -0.381 e. The Morgan fingerprint density at radius 1 is 1.25 bits per heavy atom. The van der Waals surface area contributed by atoms with Crippen LogP contribution in [0.25, 0.3) is 0 Å². The summed E-state index contributed by atoms with van der Waals surface area (Å²) in [5, 5.41) is 0. The molecule has 1 saturated carbocycles. The van der Waals surface area contributed by atoms with Crippen LogP contribution in [0.5, 0.6) is 0 Å². The molecule has 0 aliphatic heterocycles. The normalized spacial score (nSPS) is 30.5. The van der Waals surface area contributed by atoms with Gasteiger partial charge in [-0.3, -0.25) is 0 Å². The maximum absolute atomic E-state index is 5.34. The number of hydrogen-bond donors (Lipinski definition) is 0. The number of rotatable bonds is 4. The van der Waals surface area contributed by atoms with Gasteiger partial charge in [-0.1, -0.05) is 6.92 Å². The van der Waals surface area contributed by atoms with Gasteiger partial charge >= 0.3 is 0 Å².